The van der Waals surface area contributed by atoms with Gasteiger partial charge < -0.3 is 5.73 Å². The number of nitrogens with two attached hydrogens (primary N) is 1. The van der Waals surface area contributed by atoms with Crippen molar-refractivity contribution in [3.05, 3.63) is 11.1 Å². The molecule has 0 aliphatic heterocycles. The van der Waals surface area contributed by atoms with Gasteiger partial charge in [0.15, 0.2) is 6.29 Å². The van der Waals surface area contributed by atoms with Gasteiger partial charge in [-0.2, -0.15) is 0 Å². The number of carbonyl (C=O) groups excluding carboxylic acids is 1. The average Bonchev–Trinajstić information content (AvgIpc) is 1.72. The van der Waals surface area contributed by atoms with Gasteiger partial charge in [-0.3, -0.25) is 4.79 Å². The van der Waals surface area contributed by atoms with Crippen molar-refractivity contribution >= 4 is 18.0 Å². The van der Waals surface area contributed by atoms with Crippen LogP contribution in [0, 0.1) is 0 Å². The van der Waals surface area contributed by atoms with Crippen LogP contribution in [0.3, 0.4) is 0 Å². The second-order valence-corrected chi connectivity index (χ2v) is 1.77. The number of aldehydes is 1. The van der Waals surface area contributed by atoms with Gasteiger partial charge in [0.1, 0.15) is 0 Å². The van der Waals surface area contributed by atoms with Crippen molar-refractivity contribution in [1.82, 2.24) is 0 Å². The van der Waals surface area contributed by atoms with Crippen molar-refractivity contribution in [2.75, 3.05) is 6.26 Å². The van der Waals surface area contributed by atoms with Crippen LogP contribution in [-0.4, -0.2) is 12.5 Å². The summed E-state index contributed by atoms with van der Waals surface area (Å²) in [6, 6.07) is 0. The first kappa shape index (κ1) is 6.56. The normalized spacial score (nSPS) is 11.3. The highest BCUT2D eigenvalue weighted by molar-refractivity contribution is 8.03. The fraction of sp³-hybridized carbons (Fsp3) is 0.250. The van der Waals surface area contributed by atoms with Gasteiger partial charge in [0.05, 0.1) is 4.91 Å². The van der Waals surface area contributed by atoms with E-state index in [9.17, 15) is 4.79 Å². The maximum Gasteiger partial charge on any atom is 0.157 e. The van der Waals surface area contributed by atoms with Crippen LogP contribution in [0.25, 0.3) is 0 Å². The van der Waals surface area contributed by atoms with E-state index in [0.717, 1.165) is 6.29 Å². The van der Waals surface area contributed by atoms with Crippen LogP contribution in [0.1, 0.15) is 0 Å². The molecule has 0 saturated carbocycles. The average molecular weight is 117 g/mol. The van der Waals surface area contributed by atoms with Crippen LogP contribution in [0.15, 0.2) is 11.1 Å². The predicted octanol–water partition coefficient (Wildman–Crippen LogP) is 0.348. The molecule has 7 heavy (non-hydrogen) atoms. The van der Waals surface area contributed by atoms with E-state index in [2.05, 4.69) is 0 Å². The summed E-state index contributed by atoms with van der Waals surface area (Å²) < 4.78 is 0. The highest BCUT2D eigenvalue weighted by Gasteiger charge is 1.83. The summed E-state index contributed by atoms with van der Waals surface area (Å²) in [6.07, 6.45) is 3.81. The number of rotatable bonds is 2. The number of carbonyl (C=O) groups is 1. The van der Waals surface area contributed by atoms with Crippen molar-refractivity contribution in [3.63, 3.8) is 0 Å². The standard InChI is InChI=1S/C4H7NOS/c1-7-4(2-5)3-6/h2-3H,5H2,1H3/b4-2-. The fourth-order valence-electron chi connectivity index (χ4n) is 0.155. The largest absolute Gasteiger partial charge is 0.404 e. The van der Waals surface area contributed by atoms with Gasteiger partial charge >= 0.3 is 0 Å². The minimum atomic E-state index is 0.569. The van der Waals surface area contributed by atoms with Gasteiger partial charge in [0.2, 0.25) is 0 Å². The molecule has 0 bridgehead atoms. The maximum atomic E-state index is 9.80. The van der Waals surface area contributed by atoms with Gasteiger partial charge in [0, 0.05) is 6.20 Å². The zero-order valence-corrected chi connectivity index (χ0v) is 4.87. The highest BCUT2D eigenvalue weighted by Crippen LogP contribution is 2.03. The molecule has 0 atom stereocenters. The molecule has 0 saturated heterocycles. The third-order valence-electron chi connectivity index (χ3n) is 0.516. The van der Waals surface area contributed by atoms with E-state index in [1.54, 1.807) is 6.26 Å². The summed E-state index contributed by atoms with van der Waals surface area (Å²) in [5, 5.41) is 0. The third kappa shape index (κ3) is 2.28. The lowest BCUT2D eigenvalue weighted by atomic mass is 10.7. The lowest BCUT2D eigenvalue weighted by molar-refractivity contribution is -0.104. The van der Waals surface area contributed by atoms with E-state index < -0.39 is 0 Å². The van der Waals surface area contributed by atoms with Crippen LogP contribution in [-0.2, 0) is 4.79 Å². The Bertz CT molecular complexity index is 89.7. The molecule has 0 radical (unpaired) electrons. The molecular weight excluding hydrogens is 110 g/mol. The van der Waals surface area contributed by atoms with Gasteiger partial charge in [-0.1, -0.05) is 0 Å². The van der Waals surface area contributed by atoms with Crippen molar-refractivity contribution in [3.8, 4) is 0 Å². The SMILES string of the molecule is CS/C(C=O)=C\N. The molecule has 0 fully saturated rings. The zero-order valence-electron chi connectivity index (χ0n) is 4.05. The molecule has 40 valence electrons. The van der Waals surface area contributed by atoms with Crippen LogP contribution >= 0.6 is 11.8 Å². The summed E-state index contributed by atoms with van der Waals surface area (Å²) in [7, 11) is 0. The molecule has 0 heterocycles. The van der Waals surface area contributed by atoms with Crippen LogP contribution < -0.4 is 5.73 Å². The molecule has 0 rings (SSSR count). The Morgan fingerprint density at radius 1 is 1.86 bits per heavy atom. The first-order valence-corrected chi connectivity index (χ1v) is 2.98. The summed E-state index contributed by atoms with van der Waals surface area (Å²) in [6.45, 7) is 0. The minimum Gasteiger partial charge on any atom is -0.404 e. The molecule has 0 amide bonds. The fourth-order valence-corrected chi connectivity index (χ4v) is 0.388. The summed E-state index contributed by atoms with van der Waals surface area (Å²) in [4.78, 5) is 10.4. The second kappa shape index (κ2) is 3.74. The topological polar surface area (TPSA) is 43.1 Å². The Hall–Kier alpha value is -0.440. The smallest absolute Gasteiger partial charge is 0.157 e. The molecular formula is C4H7NOS. The van der Waals surface area contributed by atoms with Gasteiger partial charge in [-0.25, -0.2) is 0 Å². The predicted molar refractivity (Wildman–Crippen MR) is 31.8 cm³/mol. The van der Waals surface area contributed by atoms with Crippen LogP contribution in [0.5, 0.6) is 0 Å². The molecule has 0 aromatic rings. The molecule has 0 aliphatic rings. The van der Waals surface area contributed by atoms with Crippen LogP contribution in [0.4, 0.5) is 0 Å². The first-order valence-electron chi connectivity index (χ1n) is 1.76. The number of hydrogen-bond donors (Lipinski definition) is 1. The second-order valence-electron chi connectivity index (χ2n) is 0.891. The van der Waals surface area contributed by atoms with Crippen molar-refractivity contribution in [1.29, 1.82) is 0 Å². The summed E-state index contributed by atoms with van der Waals surface area (Å²) in [5.41, 5.74) is 4.98. The Morgan fingerprint density at radius 2 is 2.43 bits per heavy atom. The monoisotopic (exact) mass is 117 g/mol. The van der Waals surface area contributed by atoms with Crippen molar-refractivity contribution < 1.29 is 4.79 Å². The molecule has 0 spiro atoms. The Balaban J connectivity index is 3.60. The minimum absolute atomic E-state index is 0.569. The highest BCUT2D eigenvalue weighted by atomic mass is 32.2. The Morgan fingerprint density at radius 3 is 2.43 bits per heavy atom. The quantitative estimate of drug-likeness (QED) is 0.419. The van der Waals surface area contributed by atoms with E-state index in [-0.39, 0.29) is 0 Å². The van der Waals surface area contributed by atoms with Crippen molar-refractivity contribution in [2.24, 2.45) is 5.73 Å². The number of hydrogen-bond acceptors (Lipinski definition) is 3. The van der Waals surface area contributed by atoms with Crippen molar-refractivity contribution in [2.45, 2.75) is 0 Å². The van der Waals surface area contributed by atoms with Gasteiger partial charge in [0.25, 0.3) is 0 Å². The molecule has 2 nitrogen and oxygen atoms in total. The van der Waals surface area contributed by atoms with E-state index in [1.807, 2.05) is 0 Å². The first-order chi connectivity index (χ1) is 3.35. The summed E-state index contributed by atoms with van der Waals surface area (Å²) >= 11 is 1.34. The van der Waals surface area contributed by atoms with Gasteiger partial charge in [-0.05, 0) is 6.26 Å². The third-order valence-corrected chi connectivity index (χ3v) is 1.22. The van der Waals surface area contributed by atoms with E-state index in [0.29, 0.717) is 4.91 Å². The van der Waals surface area contributed by atoms with Crippen LogP contribution in [0.2, 0.25) is 0 Å². The molecule has 0 unspecified atom stereocenters. The lowest BCUT2D eigenvalue weighted by Crippen LogP contribution is -1.83. The van der Waals surface area contributed by atoms with E-state index in [4.69, 9.17) is 5.73 Å². The maximum absolute atomic E-state index is 9.80. The molecule has 0 aromatic heterocycles. The Kier molecular flexibility index (Phi) is 3.50. The van der Waals surface area contributed by atoms with E-state index in [1.165, 1.54) is 18.0 Å². The lowest BCUT2D eigenvalue weighted by Gasteiger charge is -1.83. The number of thioether (sulfide) groups is 1. The van der Waals surface area contributed by atoms with E-state index >= 15 is 0 Å². The molecule has 2 N–H and O–H groups in total. The van der Waals surface area contributed by atoms with Gasteiger partial charge in [-0.15, -0.1) is 11.8 Å². The summed E-state index contributed by atoms with van der Waals surface area (Å²) in [5.74, 6) is 0. The number of allylic oxidation sites excluding steroid dienone is 1. The molecule has 3 heteroatoms. The Labute approximate surface area is 46.8 Å². The molecule has 0 aliphatic carbocycles. The zero-order chi connectivity index (χ0) is 5.70. The molecule has 0 aromatic carbocycles.